The molecule has 0 aliphatic carbocycles. The number of pyridine rings is 1. The molecule has 0 radical (unpaired) electrons. The number of amides is 1. The number of piperidine rings is 1. The van der Waals surface area contributed by atoms with E-state index in [0.29, 0.717) is 17.9 Å². The highest BCUT2D eigenvalue weighted by Gasteiger charge is 2.28. The second-order valence-electron chi connectivity index (χ2n) is 4.37. The van der Waals surface area contributed by atoms with Crippen LogP contribution in [0.15, 0.2) is 18.3 Å². The number of nitrogens with one attached hydrogen (secondary N) is 1. The number of aromatic nitrogens is 1. The number of hydrazine groups is 1. The first-order valence-corrected chi connectivity index (χ1v) is 6.11. The van der Waals surface area contributed by atoms with Gasteiger partial charge in [0, 0.05) is 12.7 Å². The van der Waals surface area contributed by atoms with Gasteiger partial charge in [0.1, 0.15) is 0 Å². The Hall–Kier alpha value is -1.66. The maximum absolute atomic E-state index is 12.4. The first-order chi connectivity index (χ1) is 8.77. The van der Waals surface area contributed by atoms with Crippen LogP contribution in [0.25, 0.3) is 0 Å². The van der Waals surface area contributed by atoms with Crippen molar-refractivity contribution in [1.29, 1.82) is 0 Å². The lowest BCUT2D eigenvalue weighted by atomic mass is 10.0. The SMILES string of the molecule is NNc1ncccc1C(=O)N1CCCCC1CO. The summed E-state index contributed by atoms with van der Waals surface area (Å²) in [5.74, 6) is 5.59. The number of anilines is 1. The summed E-state index contributed by atoms with van der Waals surface area (Å²) in [4.78, 5) is 18.2. The molecule has 0 aromatic carbocycles. The maximum Gasteiger partial charge on any atom is 0.257 e. The van der Waals surface area contributed by atoms with E-state index >= 15 is 0 Å². The summed E-state index contributed by atoms with van der Waals surface area (Å²) in [6.45, 7) is 0.667. The van der Waals surface area contributed by atoms with Crippen LogP contribution in [0.3, 0.4) is 0 Å². The fraction of sp³-hybridized carbons (Fsp3) is 0.500. The van der Waals surface area contributed by atoms with Crippen LogP contribution in [0.1, 0.15) is 29.6 Å². The van der Waals surface area contributed by atoms with E-state index in [2.05, 4.69) is 10.4 Å². The van der Waals surface area contributed by atoms with Crippen LogP contribution in [0.2, 0.25) is 0 Å². The fourth-order valence-corrected chi connectivity index (χ4v) is 2.31. The van der Waals surface area contributed by atoms with Crippen LogP contribution >= 0.6 is 0 Å². The summed E-state index contributed by atoms with van der Waals surface area (Å²) in [5, 5.41) is 9.33. The van der Waals surface area contributed by atoms with Crippen molar-refractivity contribution in [2.75, 3.05) is 18.6 Å². The molecular formula is C12H18N4O2. The highest BCUT2D eigenvalue weighted by molar-refractivity contribution is 5.98. The Morgan fingerprint density at radius 3 is 3.17 bits per heavy atom. The summed E-state index contributed by atoms with van der Waals surface area (Å²) in [6.07, 6.45) is 4.43. The largest absolute Gasteiger partial charge is 0.394 e. The van der Waals surface area contributed by atoms with Crippen LogP contribution in [0.5, 0.6) is 0 Å². The number of nitrogens with two attached hydrogens (primary N) is 1. The predicted octanol–water partition coefficient (Wildman–Crippen LogP) is 0.354. The molecule has 1 amide bonds. The number of aliphatic hydroxyl groups excluding tert-OH is 1. The molecule has 2 heterocycles. The smallest absolute Gasteiger partial charge is 0.257 e. The van der Waals surface area contributed by atoms with Crippen LogP contribution in [-0.2, 0) is 0 Å². The lowest BCUT2D eigenvalue weighted by Crippen LogP contribution is -2.45. The van der Waals surface area contributed by atoms with Crippen molar-refractivity contribution in [2.24, 2.45) is 5.84 Å². The molecule has 1 aliphatic heterocycles. The molecule has 1 aliphatic rings. The van der Waals surface area contributed by atoms with Crippen molar-refractivity contribution >= 4 is 11.7 Å². The minimum Gasteiger partial charge on any atom is -0.394 e. The van der Waals surface area contributed by atoms with E-state index in [4.69, 9.17) is 5.84 Å². The Kier molecular flexibility index (Phi) is 4.11. The minimum atomic E-state index is -0.130. The molecule has 4 N–H and O–H groups in total. The van der Waals surface area contributed by atoms with E-state index < -0.39 is 0 Å². The monoisotopic (exact) mass is 250 g/mol. The number of nitrogens with zero attached hydrogens (tertiary/aromatic N) is 2. The highest BCUT2D eigenvalue weighted by Crippen LogP contribution is 2.21. The van der Waals surface area contributed by atoms with Crippen molar-refractivity contribution in [3.05, 3.63) is 23.9 Å². The number of carbonyl (C=O) groups excluding carboxylic acids is 1. The van der Waals surface area contributed by atoms with Gasteiger partial charge in [-0.3, -0.25) is 4.79 Å². The van der Waals surface area contributed by atoms with E-state index in [-0.39, 0.29) is 18.6 Å². The Morgan fingerprint density at radius 1 is 1.61 bits per heavy atom. The third-order valence-electron chi connectivity index (χ3n) is 3.27. The molecular weight excluding hydrogens is 232 g/mol. The molecule has 98 valence electrons. The lowest BCUT2D eigenvalue weighted by molar-refractivity contribution is 0.0503. The van der Waals surface area contributed by atoms with Gasteiger partial charge in [0.25, 0.3) is 5.91 Å². The molecule has 6 nitrogen and oxygen atoms in total. The number of carbonyl (C=O) groups is 1. The molecule has 18 heavy (non-hydrogen) atoms. The number of hydrogen-bond donors (Lipinski definition) is 3. The van der Waals surface area contributed by atoms with Crippen molar-refractivity contribution in [1.82, 2.24) is 9.88 Å². The number of rotatable bonds is 3. The minimum absolute atomic E-state index is 0.00259. The quantitative estimate of drug-likeness (QED) is 0.532. The number of nitrogen functional groups attached to an aromatic ring is 1. The predicted molar refractivity (Wildman–Crippen MR) is 67.8 cm³/mol. The molecule has 1 aromatic rings. The Labute approximate surface area is 106 Å². The zero-order valence-corrected chi connectivity index (χ0v) is 10.2. The van der Waals surface area contributed by atoms with E-state index in [0.717, 1.165) is 19.3 Å². The number of likely N-dealkylation sites (tertiary alicyclic amines) is 1. The zero-order chi connectivity index (χ0) is 13.0. The average molecular weight is 250 g/mol. The topological polar surface area (TPSA) is 91.5 Å². The van der Waals surface area contributed by atoms with Gasteiger partial charge in [-0.15, -0.1) is 0 Å². The molecule has 1 fully saturated rings. The normalized spacial score (nSPS) is 19.7. The summed E-state index contributed by atoms with van der Waals surface area (Å²) < 4.78 is 0. The van der Waals surface area contributed by atoms with Crippen LogP contribution < -0.4 is 11.3 Å². The van der Waals surface area contributed by atoms with Crippen LogP contribution in [-0.4, -0.2) is 40.1 Å². The molecule has 1 saturated heterocycles. The molecule has 1 atom stereocenters. The van der Waals surface area contributed by atoms with Gasteiger partial charge in [-0.05, 0) is 31.4 Å². The van der Waals surface area contributed by atoms with Gasteiger partial charge in [0.05, 0.1) is 18.2 Å². The summed E-state index contributed by atoms with van der Waals surface area (Å²) in [7, 11) is 0. The molecule has 1 aromatic heterocycles. The summed E-state index contributed by atoms with van der Waals surface area (Å²) in [5.41, 5.74) is 2.87. The van der Waals surface area contributed by atoms with Gasteiger partial charge in [-0.2, -0.15) is 0 Å². The maximum atomic E-state index is 12.4. The van der Waals surface area contributed by atoms with Crippen LogP contribution in [0.4, 0.5) is 5.82 Å². The van der Waals surface area contributed by atoms with Crippen molar-refractivity contribution in [2.45, 2.75) is 25.3 Å². The van der Waals surface area contributed by atoms with Crippen LogP contribution in [0, 0.1) is 0 Å². The van der Waals surface area contributed by atoms with Gasteiger partial charge < -0.3 is 15.4 Å². The Balaban J connectivity index is 2.24. The fourth-order valence-electron chi connectivity index (χ4n) is 2.31. The molecule has 6 heteroatoms. The lowest BCUT2D eigenvalue weighted by Gasteiger charge is -2.34. The Bertz CT molecular complexity index is 424. The number of aliphatic hydroxyl groups is 1. The van der Waals surface area contributed by atoms with Crippen molar-refractivity contribution in [3.63, 3.8) is 0 Å². The van der Waals surface area contributed by atoms with E-state index in [1.54, 1.807) is 23.2 Å². The zero-order valence-electron chi connectivity index (χ0n) is 10.2. The Morgan fingerprint density at radius 2 is 2.44 bits per heavy atom. The first-order valence-electron chi connectivity index (χ1n) is 6.11. The summed E-state index contributed by atoms with van der Waals surface area (Å²) >= 11 is 0. The van der Waals surface area contributed by atoms with Gasteiger partial charge in [0.15, 0.2) is 5.82 Å². The molecule has 0 saturated carbocycles. The van der Waals surface area contributed by atoms with E-state index in [1.807, 2.05) is 0 Å². The second kappa shape index (κ2) is 5.79. The molecule has 1 unspecified atom stereocenters. The van der Waals surface area contributed by atoms with Crippen molar-refractivity contribution < 1.29 is 9.90 Å². The highest BCUT2D eigenvalue weighted by atomic mass is 16.3. The molecule has 0 spiro atoms. The standard InChI is InChI=1S/C12H18N4O2/c13-15-11-10(5-3-6-14-11)12(18)16-7-2-1-4-9(16)8-17/h3,5-6,9,17H,1-2,4,7-8,13H2,(H,14,15). The van der Waals surface area contributed by atoms with Gasteiger partial charge in [-0.25, -0.2) is 10.8 Å². The summed E-state index contributed by atoms with van der Waals surface area (Å²) in [6, 6.07) is 3.29. The van der Waals surface area contributed by atoms with Crippen molar-refractivity contribution in [3.8, 4) is 0 Å². The number of hydrogen-bond acceptors (Lipinski definition) is 5. The van der Waals surface area contributed by atoms with Gasteiger partial charge in [-0.1, -0.05) is 0 Å². The molecule has 2 rings (SSSR count). The van der Waals surface area contributed by atoms with Gasteiger partial charge >= 0.3 is 0 Å². The van der Waals surface area contributed by atoms with Gasteiger partial charge in [0.2, 0.25) is 0 Å². The second-order valence-corrected chi connectivity index (χ2v) is 4.37. The average Bonchev–Trinajstić information content (AvgIpc) is 2.46. The molecule has 0 bridgehead atoms. The first kappa shape index (κ1) is 12.8. The third-order valence-corrected chi connectivity index (χ3v) is 3.27. The van der Waals surface area contributed by atoms with E-state index in [1.165, 1.54) is 0 Å². The van der Waals surface area contributed by atoms with E-state index in [9.17, 15) is 9.90 Å². The third kappa shape index (κ3) is 2.44.